The summed E-state index contributed by atoms with van der Waals surface area (Å²) < 4.78 is 2.03. The van der Waals surface area contributed by atoms with Crippen molar-refractivity contribution in [3.05, 3.63) is 12.2 Å². The molecule has 0 saturated carbocycles. The Kier molecular flexibility index (Phi) is 3.70. The number of hydrogen-bond donors (Lipinski definition) is 2. The molecule has 0 spiro atoms. The highest BCUT2D eigenvalue weighted by Gasteiger charge is 2.20. The molecule has 94 valence electrons. The van der Waals surface area contributed by atoms with E-state index in [2.05, 4.69) is 20.4 Å². The van der Waals surface area contributed by atoms with Crippen molar-refractivity contribution < 1.29 is 9.90 Å². The molecule has 1 aromatic heterocycles. The minimum absolute atomic E-state index is 0.477. The van der Waals surface area contributed by atoms with Crippen molar-refractivity contribution in [1.82, 2.24) is 25.0 Å². The second-order valence-corrected chi connectivity index (χ2v) is 4.18. The second-order valence-electron chi connectivity index (χ2n) is 4.18. The number of carbonyl (C=O) groups is 1. The number of likely N-dealkylation sites (N-methyl/N-ethyl adjacent to an activating group) is 1. The van der Waals surface area contributed by atoms with Crippen LogP contribution in [0.5, 0.6) is 0 Å². The van der Waals surface area contributed by atoms with Gasteiger partial charge in [-0.1, -0.05) is 0 Å². The van der Waals surface area contributed by atoms with Crippen molar-refractivity contribution in [2.75, 3.05) is 20.1 Å². The van der Waals surface area contributed by atoms with Gasteiger partial charge < -0.3 is 15.0 Å². The minimum atomic E-state index is -0.798. The van der Waals surface area contributed by atoms with Gasteiger partial charge in [-0.15, -0.1) is 10.2 Å². The number of nitrogens with one attached hydrogen (secondary N) is 1. The Morgan fingerprint density at radius 3 is 3.18 bits per heavy atom. The van der Waals surface area contributed by atoms with E-state index in [-0.39, 0.29) is 0 Å². The highest BCUT2D eigenvalue weighted by Crippen LogP contribution is 2.09. The zero-order valence-electron chi connectivity index (χ0n) is 9.83. The molecule has 7 nitrogen and oxygen atoms in total. The molecule has 1 aromatic rings. The third kappa shape index (κ3) is 2.80. The number of fused-ring (bicyclic) bond motifs is 1. The normalized spacial score (nSPS) is 17.7. The number of aromatic nitrogens is 3. The van der Waals surface area contributed by atoms with Gasteiger partial charge in [0.15, 0.2) is 0 Å². The smallest absolute Gasteiger partial charge is 0.320 e. The van der Waals surface area contributed by atoms with Crippen LogP contribution in [-0.2, 0) is 17.9 Å². The quantitative estimate of drug-likeness (QED) is 0.697. The Balaban J connectivity index is 1.84. The lowest BCUT2D eigenvalue weighted by molar-refractivity contribution is -0.139. The van der Waals surface area contributed by atoms with E-state index in [9.17, 15) is 4.79 Å². The summed E-state index contributed by atoms with van der Waals surface area (Å²) in [5.41, 5.74) is 0. The molecule has 0 bridgehead atoms. The van der Waals surface area contributed by atoms with E-state index in [0.717, 1.165) is 32.0 Å². The fourth-order valence-electron chi connectivity index (χ4n) is 2.01. The van der Waals surface area contributed by atoms with E-state index in [1.54, 1.807) is 13.4 Å². The molecule has 1 aliphatic rings. The third-order valence-electron chi connectivity index (χ3n) is 3.10. The van der Waals surface area contributed by atoms with Gasteiger partial charge in [-0.3, -0.25) is 9.69 Å². The lowest BCUT2D eigenvalue weighted by Crippen LogP contribution is -2.40. The van der Waals surface area contributed by atoms with E-state index in [1.165, 1.54) is 0 Å². The average Bonchev–Trinajstić information content (AvgIpc) is 2.76. The van der Waals surface area contributed by atoms with Crippen molar-refractivity contribution in [2.24, 2.45) is 0 Å². The van der Waals surface area contributed by atoms with Gasteiger partial charge in [0.25, 0.3) is 0 Å². The van der Waals surface area contributed by atoms with Crippen LogP contribution in [0.2, 0.25) is 0 Å². The molecule has 0 radical (unpaired) electrons. The second kappa shape index (κ2) is 5.24. The molecule has 1 atom stereocenters. The molecule has 7 heteroatoms. The average molecular weight is 239 g/mol. The maximum Gasteiger partial charge on any atom is 0.320 e. The maximum atomic E-state index is 10.9. The molecule has 0 saturated heterocycles. The fraction of sp³-hybridized carbons (Fsp3) is 0.700. The Morgan fingerprint density at radius 2 is 2.47 bits per heavy atom. The van der Waals surface area contributed by atoms with Crippen molar-refractivity contribution in [2.45, 2.75) is 25.6 Å². The molecule has 1 unspecified atom stereocenters. The molecule has 0 fully saturated rings. The van der Waals surface area contributed by atoms with Crippen molar-refractivity contribution in [1.29, 1.82) is 0 Å². The van der Waals surface area contributed by atoms with Crippen LogP contribution in [0.25, 0.3) is 0 Å². The first-order valence-electron chi connectivity index (χ1n) is 5.70. The van der Waals surface area contributed by atoms with E-state index < -0.39 is 12.0 Å². The van der Waals surface area contributed by atoms with Crippen LogP contribution in [0.3, 0.4) is 0 Å². The van der Waals surface area contributed by atoms with Crippen LogP contribution < -0.4 is 5.32 Å². The molecular formula is C10H17N5O2. The van der Waals surface area contributed by atoms with Gasteiger partial charge in [-0.2, -0.15) is 0 Å². The van der Waals surface area contributed by atoms with Gasteiger partial charge in [-0.05, 0) is 13.5 Å². The van der Waals surface area contributed by atoms with Gasteiger partial charge in [0.2, 0.25) is 0 Å². The lowest BCUT2D eigenvalue weighted by Gasteiger charge is -2.27. The Morgan fingerprint density at radius 1 is 1.65 bits per heavy atom. The number of aliphatic carboxylic acids is 1. The number of carboxylic acid groups (broad SMARTS) is 1. The number of hydrogen-bond acceptors (Lipinski definition) is 5. The van der Waals surface area contributed by atoms with E-state index in [4.69, 9.17) is 5.11 Å². The van der Waals surface area contributed by atoms with Crippen molar-refractivity contribution in [3.63, 3.8) is 0 Å². The summed E-state index contributed by atoms with van der Waals surface area (Å²) in [6, 6.07) is -0.477. The Bertz CT molecular complexity index is 392. The summed E-state index contributed by atoms with van der Waals surface area (Å²) in [6.07, 6.45) is 2.33. The molecular weight excluding hydrogens is 222 g/mol. The highest BCUT2D eigenvalue weighted by atomic mass is 16.4. The minimum Gasteiger partial charge on any atom is -0.480 e. The van der Waals surface area contributed by atoms with Gasteiger partial charge in [0, 0.05) is 19.6 Å². The van der Waals surface area contributed by atoms with Crippen LogP contribution >= 0.6 is 0 Å². The maximum absolute atomic E-state index is 10.9. The molecule has 2 rings (SSSR count). The summed E-state index contributed by atoms with van der Waals surface area (Å²) in [7, 11) is 1.67. The molecule has 17 heavy (non-hydrogen) atoms. The van der Waals surface area contributed by atoms with Crippen molar-refractivity contribution >= 4 is 5.97 Å². The molecule has 0 aromatic carbocycles. The SMILES string of the molecule is CNC(CCN1CCn2cnnc2C1)C(=O)O. The summed E-state index contributed by atoms with van der Waals surface area (Å²) in [5.74, 6) is 0.153. The van der Waals surface area contributed by atoms with Crippen LogP contribution in [0.4, 0.5) is 0 Å². The van der Waals surface area contributed by atoms with Crippen LogP contribution in [0, 0.1) is 0 Å². The van der Waals surface area contributed by atoms with Gasteiger partial charge in [0.1, 0.15) is 18.2 Å². The monoisotopic (exact) mass is 239 g/mol. The fourth-order valence-corrected chi connectivity index (χ4v) is 2.01. The first kappa shape index (κ1) is 12.0. The van der Waals surface area contributed by atoms with Gasteiger partial charge in [0.05, 0.1) is 6.54 Å². The number of carboxylic acids is 1. The third-order valence-corrected chi connectivity index (χ3v) is 3.10. The largest absolute Gasteiger partial charge is 0.480 e. The lowest BCUT2D eigenvalue weighted by atomic mass is 10.2. The Labute approximate surface area is 99.4 Å². The topological polar surface area (TPSA) is 83.3 Å². The van der Waals surface area contributed by atoms with E-state index >= 15 is 0 Å². The molecule has 1 aliphatic heterocycles. The van der Waals surface area contributed by atoms with Crippen LogP contribution in [0.15, 0.2) is 6.33 Å². The predicted octanol–water partition coefficient (Wildman–Crippen LogP) is -0.844. The van der Waals surface area contributed by atoms with Crippen LogP contribution in [-0.4, -0.2) is 56.9 Å². The van der Waals surface area contributed by atoms with Gasteiger partial charge >= 0.3 is 5.97 Å². The van der Waals surface area contributed by atoms with Gasteiger partial charge in [-0.25, -0.2) is 0 Å². The standard InChI is InChI=1S/C10H17N5O2/c1-11-8(10(16)17)2-3-14-4-5-15-7-12-13-9(15)6-14/h7-8,11H,2-6H2,1H3,(H,16,17). The first-order chi connectivity index (χ1) is 8.20. The molecule has 2 N–H and O–H groups in total. The van der Waals surface area contributed by atoms with E-state index in [0.29, 0.717) is 6.42 Å². The van der Waals surface area contributed by atoms with E-state index in [1.807, 2.05) is 4.57 Å². The number of rotatable bonds is 5. The van der Waals surface area contributed by atoms with Crippen molar-refractivity contribution in [3.8, 4) is 0 Å². The Hall–Kier alpha value is -1.47. The predicted molar refractivity (Wildman–Crippen MR) is 60.4 cm³/mol. The molecule has 0 aliphatic carbocycles. The molecule has 0 amide bonds. The highest BCUT2D eigenvalue weighted by molar-refractivity contribution is 5.73. The van der Waals surface area contributed by atoms with Crippen LogP contribution in [0.1, 0.15) is 12.2 Å². The zero-order chi connectivity index (χ0) is 12.3. The number of nitrogens with zero attached hydrogens (tertiary/aromatic N) is 4. The first-order valence-corrected chi connectivity index (χ1v) is 5.70. The summed E-state index contributed by atoms with van der Waals surface area (Å²) in [6.45, 7) is 3.29. The summed E-state index contributed by atoms with van der Waals surface area (Å²) in [4.78, 5) is 13.1. The zero-order valence-corrected chi connectivity index (χ0v) is 9.83. The summed E-state index contributed by atoms with van der Waals surface area (Å²) in [5, 5.41) is 19.6. The molecule has 2 heterocycles. The summed E-state index contributed by atoms with van der Waals surface area (Å²) >= 11 is 0.